The molecule has 0 amide bonds. The Hall–Kier alpha value is -1.89. The summed E-state index contributed by atoms with van der Waals surface area (Å²) in [6.07, 6.45) is 9.79. The number of nitrogens with zero attached hydrogens (tertiary/aromatic N) is 5. The minimum absolute atomic E-state index is 0.191. The van der Waals surface area contributed by atoms with Gasteiger partial charge in [0.15, 0.2) is 11.5 Å². The molecule has 1 fully saturated rings. The van der Waals surface area contributed by atoms with Crippen molar-refractivity contribution in [3.8, 4) is 11.3 Å². The largest absolute Gasteiger partial charge is 0.381 e. The van der Waals surface area contributed by atoms with Crippen LogP contribution in [0.1, 0.15) is 19.8 Å². The second kappa shape index (κ2) is 3.82. The van der Waals surface area contributed by atoms with Gasteiger partial charge in [0, 0.05) is 11.8 Å². The van der Waals surface area contributed by atoms with Crippen molar-refractivity contribution in [1.29, 1.82) is 0 Å². The maximum Gasteiger partial charge on any atom is 0.181 e. The first-order valence-electron chi connectivity index (χ1n) is 6.41. The van der Waals surface area contributed by atoms with Crippen molar-refractivity contribution in [1.82, 2.24) is 24.1 Å². The molecule has 0 radical (unpaired) electrons. The zero-order valence-electron chi connectivity index (χ0n) is 10.9. The molecular formula is C13H13BrN6. The third-order valence-corrected chi connectivity index (χ3v) is 4.48. The van der Waals surface area contributed by atoms with Gasteiger partial charge < -0.3 is 5.73 Å². The third-order valence-electron chi connectivity index (χ3n) is 3.92. The summed E-state index contributed by atoms with van der Waals surface area (Å²) in [6.45, 7) is 2.22. The first kappa shape index (κ1) is 11.9. The van der Waals surface area contributed by atoms with Gasteiger partial charge in [0.2, 0.25) is 0 Å². The highest BCUT2D eigenvalue weighted by atomic mass is 79.9. The topological polar surface area (TPSA) is 74.0 Å². The first-order chi connectivity index (χ1) is 9.58. The summed E-state index contributed by atoms with van der Waals surface area (Å²) < 4.78 is 4.80. The molecule has 1 aliphatic carbocycles. The van der Waals surface area contributed by atoms with E-state index in [-0.39, 0.29) is 5.54 Å². The quantitative estimate of drug-likeness (QED) is 0.782. The molecule has 0 saturated heterocycles. The van der Waals surface area contributed by atoms with Crippen LogP contribution >= 0.6 is 15.9 Å². The van der Waals surface area contributed by atoms with E-state index in [9.17, 15) is 0 Å². The summed E-state index contributed by atoms with van der Waals surface area (Å²) in [5.41, 5.74) is 8.69. The average Bonchev–Trinajstić information content (AvgIpc) is 2.90. The van der Waals surface area contributed by atoms with E-state index in [0.29, 0.717) is 11.5 Å². The number of fused-ring (bicyclic) bond motifs is 1. The van der Waals surface area contributed by atoms with E-state index in [4.69, 9.17) is 5.73 Å². The van der Waals surface area contributed by atoms with Crippen molar-refractivity contribution in [3.63, 3.8) is 0 Å². The molecule has 0 unspecified atom stereocenters. The van der Waals surface area contributed by atoms with E-state index in [1.54, 1.807) is 12.4 Å². The zero-order chi connectivity index (χ0) is 13.9. The molecule has 0 spiro atoms. The molecule has 1 saturated carbocycles. The Balaban J connectivity index is 1.90. The van der Waals surface area contributed by atoms with Crippen LogP contribution < -0.4 is 5.73 Å². The minimum Gasteiger partial charge on any atom is -0.381 e. The molecule has 0 aliphatic heterocycles. The highest BCUT2D eigenvalue weighted by molar-refractivity contribution is 9.10. The molecule has 7 heteroatoms. The van der Waals surface area contributed by atoms with Gasteiger partial charge in [-0.2, -0.15) is 5.10 Å². The van der Waals surface area contributed by atoms with E-state index in [0.717, 1.165) is 15.9 Å². The summed E-state index contributed by atoms with van der Waals surface area (Å²) in [5, 5.41) is 4.48. The highest BCUT2D eigenvalue weighted by Gasteiger charge is 2.40. The van der Waals surface area contributed by atoms with Crippen LogP contribution in [-0.4, -0.2) is 24.1 Å². The monoisotopic (exact) mass is 332 g/mol. The average molecular weight is 333 g/mol. The molecule has 2 N–H and O–H groups in total. The predicted octanol–water partition coefficient (Wildman–Crippen LogP) is 2.45. The SMILES string of the molecule is CC1(n2cc(-c3cnc4c(N)ncc(Br)n34)cn2)CC1. The molecule has 6 nitrogen and oxygen atoms in total. The zero-order valence-corrected chi connectivity index (χ0v) is 12.5. The van der Waals surface area contributed by atoms with Gasteiger partial charge in [-0.15, -0.1) is 0 Å². The van der Waals surface area contributed by atoms with Gasteiger partial charge in [0.05, 0.1) is 29.8 Å². The fraction of sp³-hybridized carbons (Fsp3) is 0.308. The van der Waals surface area contributed by atoms with E-state index in [1.165, 1.54) is 12.8 Å². The lowest BCUT2D eigenvalue weighted by atomic mass is 10.2. The van der Waals surface area contributed by atoms with Crippen molar-refractivity contribution in [2.24, 2.45) is 0 Å². The third kappa shape index (κ3) is 1.59. The van der Waals surface area contributed by atoms with Gasteiger partial charge in [-0.3, -0.25) is 9.08 Å². The van der Waals surface area contributed by atoms with Gasteiger partial charge in [-0.1, -0.05) is 0 Å². The van der Waals surface area contributed by atoms with Gasteiger partial charge in [-0.25, -0.2) is 9.97 Å². The fourth-order valence-electron chi connectivity index (χ4n) is 2.35. The molecule has 0 bridgehead atoms. The molecule has 3 aromatic rings. The van der Waals surface area contributed by atoms with Crippen LogP contribution in [0.15, 0.2) is 29.4 Å². The van der Waals surface area contributed by atoms with Crippen molar-refractivity contribution in [2.45, 2.75) is 25.3 Å². The molecule has 3 aromatic heterocycles. The van der Waals surface area contributed by atoms with Gasteiger partial charge in [0.25, 0.3) is 0 Å². The molecular weight excluding hydrogens is 320 g/mol. The Labute approximate surface area is 123 Å². The number of anilines is 1. The lowest BCUT2D eigenvalue weighted by molar-refractivity contribution is 0.473. The molecule has 20 heavy (non-hydrogen) atoms. The number of hydrogen-bond acceptors (Lipinski definition) is 4. The Morgan fingerprint density at radius 3 is 2.80 bits per heavy atom. The maximum absolute atomic E-state index is 5.86. The normalized spacial score (nSPS) is 16.7. The van der Waals surface area contributed by atoms with E-state index in [2.05, 4.69) is 44.1 Å². The summed E-state index contributed by atoms with van der Waals surface area (Å²) in [4.78, 5) is 8.45. The Morgan fingerprint density at radius 2 is 2.05 bits per heavy atom. The Morgan fingerprint density at radius 1 is 1.25 bits per heavy atom. The van der Waals surface area contributed by atoms with Crippen LogP contribution in [-0.2, 0) is 5.54 Å². The molecule has 0 atom stereocenters. The van der Waals surface area contributed by atoms with Crippen LogP contribution in [0, 0.1) is 0 Å². The molecule has 102 valence electrons. The van der Waals surface area contributed by atoms with E-state index in [1.807, 2.05) is 15.3 Å². The van der Waals surface area contributed by atoms with Crippen LogP contribution in [0.3, 0.4) is 0 Å². The molecule has 1 aliphatic rings. The number of imidazole rings is 1. The lowest BCUT2D eigenvalue weighted by Crippen LogP contribution is -2.12. The maximum atomic E-state index is 5.86. The molecule has 0 aromatic carbocycles. The summed E-state index contributed by atoms with van der Waals surface area (Å²) in [5.74, 6) is 0.418. The van der Waals surface area contributed by atoms with Crippen molar-refractivity contribution >= 4 is 27.4 Å². The van der Waals surface area contributed by atoms with Crippen LogP contribution in [0.2, 0.25) is 0 Å². The highest BCUT2D eigenvalue weighted by Crippen LogP contribution is 2.42. The number of hydrogen-bond donors (Lipinski definition) is 1. The van der Waals surface area contributed by atoms with Crippen LogP contribution in [0.5, 0.6) is 0 Å². The molecule has 3 heterocycles. The number of rotatable bonds is 2. The van der Waals surface area contributed by atoms with Crippen molar-refractivity contribution in [3.05, 3.63) is 29.4 Å². The fourth-order valence-corrected chi connectivity index (χ4v) is 2.81. The number of halogens is 1. The molecule has 4 rings (SSSR count). The first-order valence-corrected chi connectivity index (χ1v) is 7.21. The minimum atomic E-state index is 0.191. The Kier molecular flexibility index (Phi) is 2.27. The van der Waals surface area contributed by atoms with E-state index >= 15 is 0 Å². The number of nitrogens with two attached hydrogens (primary N) is 1. The van der Waals surface area contributed by atoms with E-state index < -0.39 is 0 Å². The van der Waals surface area contributed by atoms with Crippen molar-refractivity contribution in [2.75, 3.05) is 5.73 Å². The van der Waals surface area contributed by atoms with Crippen molar-refractivity contribution < 1.29 is 0 Å². The summed E-state index contributed by atoms with van der Waals surface area (Å²) in [6, 6.07) is 0. The van der Waals surface area contributed by atoms with Gasteiger partial charge in [-0.05, 0) is 35.7 Å². The van der Waals surface area contributed by atoms with Crippen LogP contribution in [0.25, 0.3) is 16.9 Å². The second-order valence-electron chi connectivity index (χ2n) is 5.44. The summed E-state index contributed by atoms with van der Waals surface area (Å²) in [7, 11) is 0. The predicted molar refractivity (Wildman–Crippen MR) is 79.2 cm³/mol. The smallest absolute Gasteiger partial charge is 0.181 e. The number of nitrogen functional groups attached to an aromatic ring is 1. The number of aromatic nitrogens is 5. The lowest BCUT2D eigenvalue weighted by Gasteiger charge is -2.07. The van der Waals surface area contributed by atoms with Crippen LogP contribution in [0.4, 0.5) is 5.82 Å². The second-order valence-corrected chi connectivity index (χ2v) is 6.25. The van der Waals surface area contributed by atoms with Gasteiger partial charge >= 0.3 is 0 Å². The standard InChI is InChI=1S/C13H13BrN6/c1-13(2-3-13)19-7-8(4-18-19)9-5-17-12-11(15)16-6-10(14)20(9)12/h4-7H,2-3H2,1H3,(H2,15,16). The summed E-state index contributed by atoms with van der Waals surface area (Å²) >= 11 is 3.49. The Bertz CT molecular complexity index is 813. The van der Waals surface area contributed by atoms with Gasteiger partial charge in [0.1, 0.15) is 4.60 Å².